The molecule has 0 spiro atoms. The Morgan fingerprint density at radius 1 is 1.25 bits per heavy atom. The third-order valence-electron chi connectivity index (χ3n) is 5.65. The van der Waals surface area contributed by atoms with Crippen molar-refractivity contribution in [1.82, 2.24) is 15.5 Å². The summed E-state index contributed by atoms with van der Waals surface area (Å²) in [7, 11) is 0.583. The van der Waals surface area contributed by atoms with E-state index in [2.05, 4.69) is 32.7 Å². The number of aliphatic imine (C=N–C) groups is 1. The Hall–Kier alpha value is -1.80. The van der Waals surface area contributed by atoms with Crippen LogP contribution in [0.1, 0.15) is 30.9 Å². The van der Waals surface area contributed by atoms with Gasteiger partial charge in [0, 0.05) is 20.1 Å². The largest absolute Gasteiger partial charge is 0.497 e. The molecule has 2 unspecified atom stereocenters. The van der Waals surface area contributed by atoms with Crippen molar-refractivity contribution in [2.24, 2.45) is 10.9 Å². The molecule has 0 saturated carbocycles. The molecule has 1 aromatic rings. The fraction of sp³-hybridized carbons (Fsp3) is 0.650. The van der Waals surface area contributed by atoms with Crippen molar-refractivity contribution in [3.05, 3.63) is 29.8 Å². The van der Waals surface area contributed by atoms with E-state index in [9.17, 15) is 8.42 Å². The predicted octanol–water partition coefficient (Wildman–Crippen LogP) is 1.43. The normalized spacial score (nSPS) is 23.5. The third-order valence-corrected chi connectivity index (χ3v) is 7.49. The van der Waals surface area contributed by atoms with Crippen LogP contribution >= 0.6 is 0 Å². The summed E-state index contributed by atoms with van der Waals surface area (Å²) in [5, 5.41) is 6.74. The smallest absolute Gasteiger partial charge is 0.191 e. The third kappa shape index (κ3) is 5.61. The number of likely N-dealkylation sites (tertiary alicyclic amines) is 1. The molecule has 2 saturated heterocycles. The number of ether oxygens (including phenoxy) is 1. The Kier molecular flexibility index (Phi) is 7.18. The molecular formula is C20H32N4O3S. The first kappa shape index (κ1) is 20.9. The lowest BCUT2D eigenvalue weighted by molar-refractivity contribution is 0.245. The van der Waals surface area contributed by atoms with Crippen molar-refractivity contribution < 1.29 is 13.2 Å². The van der Waals surface area contributed by atoms with Gasteiger partial charge < -0.3 is 15.4 Å². The molecule has 2 atom stereocenters. The molecule has 1 aromatic carbocycles. The van der Waals surface area contributed by atoms with E-state index in [1.54, 1.807) is 14.2 Å². The zero-order valence-electron chi connectivity index (χ0n) is 16.9. The monoisotopic (exact) mass is 408 g/mol. The maximum absolute atomic E-state index is 11.6. The lowest BCUT2D eigenvalue weighted by Gasteiger charge is -2.29. The van der Waals surface area contributed by atoms with Gasteiger partial charge in [0.25, 0.3) is 0 Å². The van der Waals surface area contributed by atoms with Crippen molar-refractivity contribution in [3.63, 3.8) is 0 Å². The molecular weight excluding hydrogens is 376 g/mol. The molecule has 0 aliphatic carbocycles. The van der Waals surface area contributed by atoms with E-state index in [4.69, 9.17) is 4.74 Å². The number of nitrogens with one attached hydrogen (secondary N) is 2. The van der Waals surface area contributed by atoms with Crippen LogP contribution in [0.3, 0.4) is 0 Å². The van der Waals surface area contributed by atoms with E-state index >= 15 is 0 Å². The molecule has 3 rings (SSSR count). The van der Waals surface area contributed by atoms with Gasteiger partial charge >= 0.3 is 0 Å². The quantitative estimate of drug-likeness (QED) is 0.525. The van der Waals surface area contributed by atoms with Crippen molar-refractivity contribution >= 4 is 15.8 Å². The van der Waals surface area contributed by atoms with Gasteiger partial charge in [-0.2, -0.15) is 0 Å². The molecule has 2 N–H and O–H groups in total. The Labute approximate surface area is 168 Å². The predicted molar refractivity (Wildman–Crippen MR) is 113 cm³/mol. The SMILES string of the molecule is CN=C(NCC1CCS(=O)(=O)C1)NCC(c1ccc(OC)cc1)N1CCCC1. The minimum atomic E-state index is -2.85. The molecule has 28 heavy (non-hydrogen) atoms. The van der Waals surface area contributed by atoms with Crippen LogP contribution in [0, 0.1) is 5.92 Å². The maximum Gasteiger partial charge on any atom is 0.191 e. The molecule has 7 nitrogen and oxygen atoms in total. The van der Waals surface area contributed by atoms with Gasteiger partial charge in [-0.25, -0.2) is 8.42 Å². The number of benzene rings is 1. The summed E-state index contributed by atoms with van der Waals surface area (Å²) in [6.07, 6.45) is 3.19. The maximum atomic E-state index is 11.6. The van der Waals surface area contributed by atoms with E-state index in [1.165, 1.54) is 18.4 Å². The topological polar surface area (TPSA) is 83.0 Å². The average Bonchev–Trinajstić information content (AvgIpc) is 3.34. The van der Waals surface area contributed by atoms with Gasteiger partial charge in [0.15, 0.2) is 15.8 Å². The fourth-order valence-corrected chi connectivity index (χ4v) is 5.89. The minimum Gasteiger partial charge on any atom is -0.497 e. The molecule has 0 aromatic heterocycles. The molecule has 0 radical (unpaired) electrons. The van der Waals surface area contributed by atoms with Crippen LogP contribution in [-0.2, 0) is 9.84 Å². The van der Waals surface area contributed by atoms with Crippen LogP contribution < -0.4 is 15.4 Å². The molecule has 156 valence electrons. The number of sulfone groups is 1. The highest BCUT2D eigenvalue weighted by atomic mass is 32.2. The molecule has 2 fully saturated rings. The summed E-state index contributed by atoms with van der Waals surface area (Å²) in [5.41, 5.74) is 1.26. The van der Waals surface area contributed by atoms with E-state index in [0.29, 0.717) is 12.3 Å². The molecule has 0 amide bonds. The van der Waals surface area contributed by atoms with Gasteiger partial charge in [-0.05, 0) is 56.0 Å². The van der Waals surface area contributed by atoms with Gasteiger partial charge in [0.1, 0.15) is 5.75 Å². The van der Waals surface area contributed by atoms with Gasteiger partial charge in [-0.15, -0.1) is 0 Å². The second kappa shape index (κ2) is 9.60. The zero-order valence-corrected chi connectivity index (χ0v) is 17.7. The van der Waals surface area contributed by atoms with E-state index in [1.807, 2.05) is 12.1 Å². The van der Waals surface area contributed by atoms with Gasteiger partial charge in [0.05, 0.1) is 24.7 Å². The van der Waals surface area contributed by atoms with Crippen LogP contribution in [-0.4, -0.2) is 71.1 Å². The Bertz CT molecular complexity index is 758. The second-order valence-electron chi connectivity index (χ2n) is 7.64. The molecule has 2 aliphatic rings. The molecule has 2 aliphatic heterocycles. The first-order valence-electron chi connectivity index (χ1n) is 10.0. The number of hydrogen-bond acceptors (Lipinski definition) is 5. The Balaban J connectivity index is 1.58. The molecule has 2 heterocycles. The van der Waals surface area contributed by atoms with Crippen LogP contribution in [0.2, 0.25) is 0 Å². The average molecular weight is 409 g/mol. The van der Waals surface area contributed by atoms with Gasteiger partial charge in [-0.3, -0.25) is 9.89 Å². The number of guanidine groups is 1. The Morgan fingerprint density at radius 3 is 2.54 bits per heavy atom. The first-order valence-corrected chi connectivity index (χ1v) is 11.9. The second-order valence-corrected chi connectivity index (χ2v) is 9.86. The highest BCUT2D eigenvalue weighted by Crippen LogP contribution is 2.26. The summed E-state index contributed by atoms with van der Waals surface area (Å²) in [4.78, 5) is 6.82. The number of rotatable bonds is 7. The first-order chi connectivity index (χ1) is 13.5. The highest BCUT2D eigenvalue weighted by Gasteiger charge is 2.28. The molecule has 0 bridgehead atoms. The van der Waals surface area contributed by atoms with Crippen molar-refractivity contribution in [2.75, 3.05) is 51.8 Å². The van der Waals surface area contributed by atoms with Crippen molar-refractivity contribution in [3.8, 4) is 5.75 Å². The van der Waals surface area contributed by atoms with Crippen LogP contribution in [0.4, 0.5) is 0 Å². The van der Waals surface area contributed by atoms with Crippen LogP contribution in [0.5, 0.6) is 5.75 Å². The summed E-state index contributed by atoms with van der Waals surface area (Å²) >= 11 is 0. The lowest BCUT2D eigenvalue weighted by Crippen LogP contribution is -2.44. The van der Waals surface area contributed by atoms with Gasteiger partial charge in [0.2, 0.25) is 0 Å². The fourth-order valence-electron chi connectivity index (χ4n) is 4.03. The van der Waals surface area contributed by atoms with Gasteiger partial charge in [-0.1, -0.05) is 12.1 Å². The van der Waals surface area contributed by atoms with Crippen LogP contribution in [0.15, 0.2) is 29.3 Å². The zero-order chi connectivity index (χ0) is 20.0. The number of nitrogens with zero attached hydrogens (tertiary/aromatic N) is 2. The standard InChI is InChI=1S/C20H32N4O3S/c1-21-20(22-13-16-9-12-28(25,26)15-16)23-14-19(24-10-3-4-11-24)17-5-7-18(27-2)8-6-17/h5-8,16,19H,3-4,9-15H2,1-2H3,(H2,21,22,23). The molecule has 8 heteroatoms. The van der Waals surface area contributed by atoms with Crippen molar-refractivity contribution in [2.45, 2.75) is 25.3 Å². The van der Waals surface area contributed by atoms with E-state index < -0.39 is 9.84 Å². The number of hydrogen-bond donors (Lipinski definition) is 2. The summed E-state index contributed by atoms with van der Waals surface area (Å²) in [5.74, 6) is 2.33. The summed E-state index contributed by atoms with van der Waals surface area (Å²) < 4.78 is 28.5. The highest BCUT2D eigenvalue weighted by molar-refractivity contribution is 7.91. The van der Waals surface area contributed by atoms with E-state index in [0.717, 1.165) is 37.8 Å². The number of methoxy groups -OCH3 is 1. The summed E-state index contributed by atoms with van der Waals surface area (Å²) in [6, 6.07) is 8.53. The van der Waals surface area contributed by atoms with Crippen LogP contribution in [0.25, 0.3) is 0 Å². The van der Waals surface area contributed by atoms with Crippen molar-refractivity contribution in [1.29, 1.82) is 0 Å². The lowest BCUT2D eigenvalue weighted by atomic mass is 10.1. The Morgan fingerprint density at radius 2 is 1.96 bits per heavy atom. The van der Waals surface area contributed by atoms with E-state index in [-0.39, 0.29) is 17.7 Å². The minimum absolute atomic E-state index is 0.166. The summed E-state index contributed by atoms with van der Waals surface area (Å²) in [6.45, 7) is 3.58.